The number of hydrogen-bond acceptors (Lipinski definition) is 5. The third-order valence-electron chi connectivity index (χ3n) is 6.87. The molecule has 34 heavy (non-hydrogen) atoms. The number of rotatable bonds is 5. The van der Waals surface area contributed by atoms with Crippen molar-refractivity contribution in [3.8, 4) is 11.1 Å². The van der Waals surface area contributed by atoms with E-state index in [1.165, 1.54) is 12.3 Å². The average Bonchev–Trinajstić information content (AvgIpc) is 3.10. The number of piperidine rings is 1. The smallest absolute Gasteiger partial charge is 0.337 e. The summed E-state index contributed by atoms with van der Waals surface area (Å²) >= 11 is 0. The first-order chi connectivity index (χ1) is 16.4. The van der Waals surface area contributed by atoms with Gasteiger partial charge in [-0.1, -0.05) is 54.6 Å². The molecule has 1 saturated heterocycles. The number of pyridine rings is 1. The van der Waals surface area contributed by atoms with Crippen LogP contribution in [0.25, 0.3) is 11.1 Å². The summed E-state index contributed by atoms with van der Waals surface area (Å²) in [6, 6.07) is 19.1. The Balaban J connectivity index is 1.53. The van der Waals surface area contributed by atoms with E-state index in [0.717, 1.165) is 16.7 Å². The van der Waals surface area contributed by atoms with Crippen molar-refractivity contribution >= 4 is 23.7 Å². The van der Waals surface area contributed by atoms with Gasteiger partial charge in [0.05, 0.1) is 17.5 Å². The fourth-order valence-electron chi connectivity index (χ4n) is 5.12. The molecule has 3 N–H and O–H groups in total. The van der Waals surface area contributed by atoms with Gasteiger partial charge in [-0.15, -0.1) is 0 Å². The molecule has 172 valence electrons. The zero-order chi connectivity index (χ0) is 23.9. The van der Waals surface area contributed by atoms with Crippen molar-refractivity contribution in [1.82, 2.24) is 9.88 Å². The van der Waals surface area contributed by atoms with Crippen molar-refractivity contribution in [3.63, 3.8) is 0 Å². The first-order valence-electron chi connectivity index (χ1n) is 11.0. The lowest BCUT2D eigenvalue weighted by molar-refractivity contribution is -0.140. The van der Waals surface area contributed by atoms with E-state index in [9.17, 15) is 24.6 Å². The van der Waals surface area contributed by atoms with E-state index >= 15 is 0 Å². The molecule has 0 aliphatic carbocycles. The number of aromatic nitrogens is 1. The molecule has 1 amide bonds. The van der Waals surface area contributed by atoms with Crippen molar-refractivity contribution in [1.29, 1.82) is 0 Å². The van der Waals surface area contributed by atoms with Gasteiger partial charge in [0.1, 0.15) is 5.82 Å². The SMILES string of the molecule is O=C(O)CN1CCC2(C[C@@H]1c1ccc(-c3ccccc3)cc1)C(=O)Nc1ncc(C(=O)O)cc12. The fraction of sp³-hybridized carbons (Fsp3) is 0.231. The summed E-state index contributed by atoms with van der Waals surface area (Å²) in [7, 11) is 0. The van der Waals surface area contributed by atoms with Crippen molar-refractivity contribution in [2.24, 2.45) is 0 Å². The zero-order valence-corrected chi connectivity index (χ0v) is 18.3. The Bertz CT molecular complexity index is 1280. The molecule has 0 radical (unpaired) electrons. The quantitative estimate of drug-likeness (QED) is 0.536. The number of carboxylic acids is 2. The van der Waals surface area contributed by atoms with Gasteiger partial charge in [0.25, 0.3) is 0 Å². The number of fused-ring (bicyclic) bond motifs is 2. The normalized spacial score (nSPS) is 21.8. The van der Waals surface area contributed by atoms with Crippen LogP contribution in [0.2, 0.25) is 0 Å². The second kappa shape index (κ2) is 8.39. The molecular weight excluding hydrogens is 434 g/mol. The Labute approximate surface area is 195 Å². The monoisotopic (exact) mass is 457 g/mol. The Morgan fingerprint density at radius 2 is 1.76 bits per heavy atom. The van der Waals surface area contributed by atoms with Crippen LogP contribution in [-0.4, -0.2) is 51.0 Å². The molecule has 8 heteroatoms. The van der Waals surface area contributed by atoms with Crippen LogP contribution in [0.5, 0.6) is 0 Å². The lowest BCUT2D eigenvalue weighted by Gasteiger charge is -2.43. The summed E-state index contributed by atoms with van der Waals surface area (Å²) in [6.07, 6.45) is 1.94. The van der Waals surface area contributed by atoms with Crippen molar-refractivity contribution in [2.45, 2.75) is 24.3 Å². The van der Waals surface area contributed by atoms with Gasteiger partial charge in [-0.05, 0) is 35.6 Å². The van der Waals surface area contributed by atoms with E-state index in [1.807, 2.05) is 59.5 Å². The van der Waals surface area contributed by atoms with Gasteiger partial charge < -0.3 is 15.5 Å². The standard InChI is InChI=1S/C26H23N3O5/c30-22(31)15-29-11-10-26(20-12-19(24(32)33)14-27-23(20)28-25(26)34)13-21(29)18-8-6-17(7-9-18)16-4-2-1-3-5-16/h1-9,12,14,21H,10-11,13,15H2,(H,30,31)(H,32,33)(H,27,28,34)/t21-,26?/m1/s1. The van der Waals surface area contributed by atoms with E-state index in [1.54, 1.807) is 0 Å². The lowest BCUT2D eigenvalue weighted by atomic mass is 9.70. The number of nitrogens with zero attached hydrogens (tertiary/aromatic N) is 2. The van der Waals surface area contributed by atoms with Crippen molar-refractivity contribution in [3.05, 3.63) is 83.6 Å². The number of carbonyl (C=O) groups excluding carboxylic acids is 1. The van der Waals surface area contributed by atoms with Gasteiger partial charge in [-0.25, -0.2) is 9.78 Å². The first kappa shape index (κ1) is 21.8. The number of aromatic carboxylic acids is 1. The molecule has 2 aliphatic heterocycles. The summed E-state index contributed by atoms with van der Waals surface area (Å²) in [5.74, 6) is -1.90. The van der Waals surface area contributed by atoms with Gasteiger partial charge in [-0.3, -0.25) is 14.5 Å². The predicted molar refractivity (Wildman–Crippen MR) is 125 cm³/mol. The molecule has 5 rings (SSSR count). The van der Waals surface area contributed by atoms with Gasteiger partial charge in [0.2, 0.25) is 5.91 Å². The van der Waals surface area contributed by atoms with E-state index in [-0.39, 0.29) is 24.1 Å². The number of amides is 1. The third kappa shape index (κ3) is 3.72. The Morgan fingerprint density at radius 3 is 2.44 bits per heavy atom. The van der Waals surface area contributed by atoms with Gasteiger partial charge in [0, 0.05) is 24.3 Å². The highest BCUT2D eigenvalue weighted by Crippen LogP contribution is 2.49. The molecule has 0 bridgehead atoms. The van der Waals surface area contributed by atoms with Crippen LogP contribution in [-0.2, 0) is 15.0 Å². The van der Waals surface area contributed by atoms with Crippen LogP contribution >= 0.6 is 0 Å². The molecule has 3 heterocycles. The number of benzene rings is 2. The second-order valence-corrected chi connectivity index (χ2v) is 8.78. The Hall–Kier alpha value is -4.04. The van der Waals surface area contributed by atoms with Crippen LogP contribution in [0.1, 0.15) is 40.4 Å². The highest BCUT2D eigenvalue weighted by atomic mass is 16.4. The Kier molecular flexibility index (Phi) is 5.37. The molecular formula is C26H23N3O5. The lowest BCUT2D eigenvalue weighted by Crippen LogP contribution is -2.49. The minimum atomic E-state index is -1.11. The predicted octanol–water partition coefficient (Wildman–Crippen LogP) is 3.56. The number of anilines is 1. The molecule has 1 unspecified atom stereocenters. The molecule has 3 aromatic rings. The van der Waals surface area contributed by atoms with Crippen molar-refractivity contribution in [2.75, 3.05) is 18.4 Å². The van der Waals surface area contributed by atoms with Gasteiger partial charge >= 0.3 is 11.9 Å². The molecule has 2 atom stereocenters. The number of likely N-dealkylation sites (tertiary alicyclic amines) is 1. The highest BCUT2D eigenvalue weighted by Gasteiger charge is 2.52. The number of nitrogens with one attached hydrogen (secondary N) is 1. The van der Waals surface area contributed by atoms with Crippen LogP contribution in [0.15, 0.2) is 66.9 Å². The highest BCUT2D eigenvalue weighted by molar-refractivity contribution is 6.06. The van der Waals surface area contributed by atoms with Crippen LogP contribution in [0, 0.1) is 0 Å². The largest absolute Gasteiger partial charge is 0.480 e. The molecule has 8 nitrogen and oxygen atoms in total. The van der Waals surface area contributed by atoms with E-state index in [0.29, 0.717) is 30.8 Å². The summed E-state index contributed by atoms with van der Waals surface area (Å²) in [5, 5.41) is 21.7. The maximum absolute atomic E-state index is 13.2. The topological polar surface area (TPSA) is 120 Å². The Morgan fingerprint density at radius 1 is 1.06 bits per heavy atom. The van der Waals surface area contributed by atoms with E-state index in [2.05, 4.69) is 10.3 Å². The van der Waals surface area contributed by atoms with E-state index in [4.69, 9.17) is 0 Å². The molecule has 0 saturated carbocycles. The first-order valence-corrected chi connectivity index (χ1v) is 11.0. The van der Waals surface area contributed by atoms with Crippen LogP contribution in [0.3, 0.4) is 0 Å². The molecule has 1 spiro atoms. The number of carboxylic acid groups (broad SMARTS) is 2. The molecule has 2 aromatic carbocycles. The number of carbonyl (C=O) groups is 3. The minimum Gasteiger partial charge on any atom is -0.480 e. The number of aliphatic carboxylic acids is 1. The maximum atomic E-state index is 13.2. The maximum Gasteiger partial charge on any atom is 0.337 e. The van der Waals surface area contributed by atoms with Gasteiger partial charge in [0.15, 0.2) is 0 Å². The summed E-state index contributed by atoms with van der Waals surface area (Å²) in [4.78, 5) is 42.4. The molecule has 1 fully saturated rings. The fourth-order valence-corrected chi connectivity index (χ4v) is 5.12. The van der Waals surface area contributed by atoms with Crippen LogP contribution in [0.4, 0.5) is 5.82 Å². The van der Waals surface area contributed by atoms with E-state index < -0.39 is 17.4 Å². The van der Waals surface area contributed by atoms with Gasteiger partial charge in [-0.2, -0.15) is 0 Å². The number of hydrogen-bond donors (Lipinski definition) is 3. The summed E-state index contributed by atoms with van der Waals surface area (Å²) < 4.78 is 0. The minimum absolute atomic E-state index is 0.0198. The summed E-state index contributed by atoms with van der Waals surface area (Å²) in [6.45, 7) is 0.227. The molecule has 2 aliphatic rings. The average molecular weight is 457 g/mol. The second-order valence-electron chi connectivity index (χ2n) is 8.78. The van der Waals surface area contributed by atoms with Crippen molar-refractivity contribution < 1.29 is 24.6 Å². The van der Waals surface area contributed by atoms with Crippen LogP contribution < -0.4 is 5.32 Å². The third-order valence-corrected chi connectivity index (χ3v) is 6.87. The molecule has 1 aromatic heterocycles. The summed E-state index contributed by atoms with van der Waals surface area (Å²) in [5.41, 5.74) is 2.64. The zero-order valence-electron chi connectivity index (χ0n) is 18.3.